The number of anilines is 1. The van der Waals surface area contributed by atoms with Crippen LogP contribution in [0, 0.1) is 17.0 Å². The first-order valence-corrected chi connectivity index (χ1v) is 6.40. The number of rotatable bonds is 4. The summed E-state index contributed by atoms with van der Waals surface area (Å²) in [6.45, 7) is 5.26. The number of nitro benzene ring substituents is 1. The second-order valence-corrected chi connectivity index (χ2v) is 4.75. The maximum Gasteiger partial charge on any atom is 0.272 e. The number of piperazine rings is 1. The zero-order valence-electron chi connectivity index (χ0n) is 11.0. The predicted molar refractivity (Wildman–Crippen MR) is 72.5 cm³/mol. The van der Waals surface area contributed by atoms with Crippen LogP contribution in [0.1, 0.15) is 5.56 Å². The molecule has 0 unspecified atom stereocenters. The van der Waals surface area contributed by atoms with Crippen LogP contribution in [0.2, 0.25) is 0 Å². The average molecular weight is 267 g/mol. The molecule has 0 atom stereocenters. The summed E-state index contributed by atoms with van der Waals surface area (Å²) in [6.07, 6.45) is 0. The Kier molecular flexibility index (Phi) is 4.31. The van der Waals surface area contributed by atoms with Crippen molar-refractivity contribution in [2.45, 2.75) is 6.92 Å². The SMILES string of the molecule is Cc1cc(N2CCN(CCF)CC2)ccc1[N+](=O)[O-]. The molecular weight excluding hydrogens is 249 g/mol. The Balaban J connectivity index is 2.04. The topological polar surface area (TPSA) is 49.6 Å². The van der Waals surface area contributed by atoms with Gasteiger partial charge in [0.1, 0.15) is 6.67 Å². The number of nitrogens with zero attached hydrogens (tertiary/aromatic N) is 3. The minimum atomic E-state index is -0.363. The average Bonchev–Trinajstić information content (AvgIpc) is 2.39. The van der Waals surface area contributed by atoms with Gasteiger partial charge >= 0.3 is 0 Å². The third kappa shape index (κ3) is 3.20. The van der Waals surface area contributed by atoms with Crippen molar-refractivity contribution in [1.82, 2.24) is 4.90 Å². The molecule has 0 aromatic heterocycles. The van der Waals surface area contributed by atoms with Crippen molar-refractivity contribution in [3.8, 4) is 0 Å². The highest BCUT2D eigenvalue weighted by Crippen LogP contribution is 2.24. The van der Waals surface area contributed by atoms with Crippen LogP contribution in [0.5, 0.6) is 0 Å². The van der Waals surface area contributed by atoms with Gasteiger partial charge in [-0.2, -0.15) is 0 Å². The van der Waals surface area contributed by atoms with E-state index in [1.54, 1.807) is 19.1 Å². The Morgan fingerprint density at radius 3 is 2.53 bits per heavy atom. The van der Waals surface area contributed by atoms with Crippen molar-refractivity contribution in [3.05, 3.63) is 33.9 Å². The summed E-state index contributed by atoms with van der Waals surface area (Å²) in [7, 11) is 0. The molecule has 0 saturated carbocycles. The van der Waals surface area contributed by atoms with Crippen molar-refractivity contribution >= 4 is 11.4 Å². The van der Waals surface area contributed by atoms with Crippen LogP contribution in [0.4, 0.5) is 15.8 Å². The summed E-state index contributed by atoms with van der Waals surface area (Å²) >= 11 is 0. The van der Waals surface area contributed by atoms with E-state index in [0.29, 0.717) is 12.1 Å². The molecule has 1 aromatic rings. The third-order valence-electron chi connectivity index (χ3n) is 3.52. The van der Waals surface area contributed by atoms with E-state index in [-0.39, 0.29) is 17.3 Å². The van der Waals surface area contributed by atoms with E-state index in [1.807, 2.05) is 6.07 Å². The van der Waals surface area contributed by atoms with Crippen LogP contribution >= 0.6 is 0 Å². The Morgan fingerprint density at radius 1 is 1.32 bits per heavy atom. The fraction of sp³-hybridized carbons (Fsp3) is 0.538. The predicted octanol–water partition coefficient (Wildman–Crippen LogP) is 1.99. The number of nitro groups is 1. The fourth-order valence-electron chi connectivity index (χ4n) is 2.39. The molecule has 2 rings (SSSR count). The molecule has 104 valence electrons. The van der Waals surface area contributed by atoms with E-state index < -0.39 is 0 Å². The molecule has 1 heterocycles. The molecule has 19 heavy (non-hydrogen) atoms. The van der Waals surface area contributed by atoms with E-state index in [0.717, 1.165) is 31.9 Å². The largest absolute Gasteiger partial charge is 0.369 e. The van der Waals surface area contributed by atoms with Crippen molar-refractivity contribution in [2.24, 2.45) is 0 Å². The molecule has 0 aliphatic carbocycles. The lowest BCUT2D eigenvalue weighted by molar-refractivity contribution is -0.385. The molecule has 1 aliphatic rings. The molecule has 5 nitrogen and oxygen atoms in total. The van der Waals surface area contributed by atoms with E-state index in [1.165, 1.54) is 0 Å². The van der Waals surface area contributed by atoms with Crippen LogP contribution in [-0.4, -0.2) is 49.2 Å². The van der Waals surface area contributed by atoms with E-state index >= 15 is 0 Å². The molecule has 0 amide bonds. The maximum absolute atomic E-state index is 12.3. The molecule has 0 N–H and O–H groups in total. The number of alkyl halides is 1. The summed E-state index contributed by atoms with van der Waals surface area (Å²) in [4.78, 5) is 14.7. The first-order valence-electron chi connectivity index (χ1n) is 6.40. The van der Waals surface area contributed by atoms with Crippen LogP contribution in [0.3, 0.4) is 0 Å². The standard InChI is InChI=1S/C13H18FN3O2/c1-11-10-12(2-3-13(11)17(18)19)16-8-6-15(5-4-14)7-9-16/h2-3,10H,4-9H2,1H3. The van der Waals surface area contributed by atoms with Gasteiger partial charge in [-0.15, -0.1) is 0 Å². The summed E-state index contributed by atoms with van der Waals surface area (Å²) in [5.41, 5.74) is 1.83. The van der Waals surface area contributed by atoms with Gasteiger partial charge in [0.25, 0.3) is 5.69 Å². The Hall–Kier alpha value is -1.69. The first-order chi connectivity index (χ1) is 9.11. The number of halogens is 1. The van der Waals surface area contributed by atoms with Crippen LogP contribution in [0.15, 0.2) is 18.2 Å². The molecule has 0 spiro atoms. The zero-order valence-corrected chi connectivity index (χ0v) is 11.0. The first kappa shape index (κ1) is 13.7. The molecule has 1 aromatic carbocycles. The smallest absolute Gasteiger partial charge is 0.272 e. The summed E-state index contributed by atoms with van der Waals surface area (Å²) in [5.74, 6) is 0. The lowest BCUT2D eigenvalue weighted by Crippen LogP contribution is -2.47. The molecule has 0 radical (unpaired) electrons. The highest BCUT2D eigenvalue weighted by Gasteiger charge is 2.18. The van der Waals surface area contributed by atoms with Gasteiger partial charge in [0.15, 0.2) is 0 Å². The van der Waals surface area contributed by atoms with Gasteiger partial charge in [0.2, 0.25) is 0 Å². The highest BCUT2D eigenvalue weighted by atomic mass is 19.1. The van der Waals surface area contributed by atoms with Gasteiger partial charge < -0.3 is 4.90 Å². The number of hydrogen-bond donors (Lipinski definition) is 0. The van der Waals surface area contributed by atoms with E-state index in [2.05, 4.69) is 9.80 Å². The molecule has 1 fully saturated rings. The molecule has 6 heteroatoms. The molecule has 1 aliphatic heterocycles. The number of aryl methyl sites for hydroxylation is 1. The van der Waals surface area contributed by atoms with Gasteiger partial charge in [-0.3, -0.25) is 15.0 Å². The van der Waals surface area contributed by atoms with Gasteiger partial charge in [0, 0.05) is 50.0 Å². The quantitative estimate of drug-likeness (QED) is 0.618. The van der Waals surface area contributed by atoms with E-state index in [9.17, 15) is 14.5 Å². The molecular formula is C13H18FN3O2. The molecule has 0 bridgehead atoms. The van der Waals surface area contributed by atoms with Gasteiger partial charge in [0.05, 0.1) is 4.92 Å². The summed E-state index contributed by atoms with van der Waals surface area (Å²) in [6, 6.07) is 5.19. The fourth-order valence-corrected chi connectivity index (χ4v) is 2.39. The second kappa shape index (κ2) is 5.97. The van der Waals surface area contributed by atoms with Gasteiger partial charge in [-0.25, -0.2) is 4.39 Å². The van der Waals surface area contributed by atoms with Crippen LogP contribution < -0.4 is 4.90 Å². The van der Waals surface area contributed by atoms with Gasteiger partial charge in [-0.05, 0) is 19.1 Å². The monoisotopic (exact) mass is 267 g/mol. The van der Waals surface area contributed by atoms with Crippen LogP contribution in [-0.2, 0) is 0 Å². The van der Waals surface area contributed by atoms with Crippen molar-refractivity contribution < 1.29 is 9.31 Å². The van der Waals surface area contributed by atoms with E-state index in [4.69, 9.17) is 0 Å². The number of hydrogen-bond acceptors (Lipinski definition) is 4. The normalized spacial score (nSPS) is 16.6. The zero-order chi connectivity index (χ0) is 13.8. The summed E-state index contributed by atoms with van der Waals surface area (Å²) < 4.78 is 12.3. The minimum Gasteiger partial charge on any atom is -0.369 e. The molecule has 1 saturated heterocycles. The second-order valence-electron chi connectivity index (χ2n) is 4.75. The third-order valence-corrected chi connectivity index (χ3v) is 3.52. The Morgan fingerprint density at radius 2 is 2.00 bits per heavy atom. The minimum absolute atomic E-state index is 0.153. The van der Waals surface area contributed by atoms with Crippen LogP contribution in [0.25, 0.3) is 0 Å². The highest BCUT2D eigenvalue weighted by molar-refractivity contribution is 5.55. The lowest BCUT2D eigenvalue weighted by atomic mass is 10.1. The van der Waals surface area contributed by atoms with Crippen molar-refractivity contribution in [3.63, 3.8) is 0 Å². The van der Waals surface area contributed by atoms with Crippen molar-refractivity contribution in [2.75, 3.05) is 44.3 Å². The van der Waals surface area contributed by atoms with Gasteiger partial charge in [-0.1, -0.05) is 0 Å². The maximum atomic E-state index is 12.3. The Bertz CT molecular complexity index is 459. The van der Waals surface area contributed by atoms with Crippen molar-refractivity contribution in [1.29, 1.82) is 0 Å². The Labute approximate surface area is 111 Å². The summed E-state index contributed by atoms with van der Waals surface area (Å²) in [5, 5.41) is 10.8. The number of benzene rings is 1. The lowest BCUT2D eigenvalue weighted by Gasteiger charge is -2.35.